The van der Waals surface area contributed by atoms with Crippen LogP contribution in [0.1, 0.15) is 24.2 Å². The van der Waals surface area contributed by atoms with Gasteiger partial charge in [0.1, 0.15) is 18.3 Å². The standard InChI is InChI=1S/C23H27N7O/c1-13-7-6-8-15-11-17(30(22(31)18(13)15)16-9-4-3-5-10-16)14(2)27-21-19-20(26-12-25-19)28-23(24)29-21/h3-11,14,21,23,25-29H,12,24H2,1-2H3/t14-,21?,23?/m0/s1. The number of nitrogens with zero attached hydrogens (tertiary/aromatic N) is 1. The van der Waals surface area contributed by atoms with Crippen molar-refractivity contribution in [3.63, 3.8) is 0 Å². The number of nitrogens with two attached hydrogens (primary N) is 1. The van der Waals surface area contributed by atoms with Gasteiger partial charge in [0, 0.05) is 17.4 Å². The number of pyridine rings is 1. The summed E-state index contributed by atoms with van der Waals surface area (Å²) >= 11 is 0. The maximum atomic E-state index is 13.7. The van der Waals surface area contributed by atoms with Crippen LogP contribution in [0.3, 0.4) is 0 Å². The number of fused-ring (bicyclic) bond motifs is 1. The average Bonchev–Trinajstić information content (AvgIpc) is 3.22. The molecule has 3 aromatic rings. The van der Waals surface area contributed by atoms with Crippen LogP contribution in [0, 0.1) is 6.92 Å². The molecule has 1 aromatic heterocycles. The van der Waals surface area contributed by atoms with E-state index in [-0.39, 0.29) is 24.1 Å². The van der Waals surface area contributed by atoms with Crippen molar-refractivity contribution in [3.05, 3.63) is 87.7 Å². The van der Waals surface area contributed by atoms with E-state index < -0.39 is 0 Å². The normalized spacial score (nSPS) is 21.3. The number of aromatic nitrogens is 1. The van der Waals surface area contributed by atoms with E-state index in [1.807, 2.05) is 60.0 Å². The van der Waals surface area contributed by atoms with E-state index in [4.69, 9.17) is 5.73 Å². The van der Waals surface area contributed by atoms with Gasteiger partial charge in [-0.3, -0.25) is 25.7 Å². The minimum absolute atomic E-state index is 0.0130. The van der Waals surface area contributed by atoms with Crippen LogP contribution in [0.4, 0.5) is 0 Å². The number of hydrogen-bond donors (Lipinski definition) is 6. The molecule has 2 aromatic carbocycles. The smallest absolute Gasteiger partial charge is 0.263 e. The summed E-state index contributed by atoms with van der Waals surface area (Å²) in [5, 5.41) is 18.4. The molecule has 160 valence electrons. The lowest BCUT2D eigenvalue weighted by Gasteiger charge is -2.34. The molecule has 8 heteroatoms. The molecule has 0 spiro atoms. The lowest BCUT2D eigenvalue weighted by atomic mass is 10.0. The third-order valence-corrected chi connectivity index (χ3v) is 5.91. The molecule has 0 aliphatic carbocycles. The highest BCUT2D eigenvalue weighted by molar-refractivity contribution is 5.85. The van der Waals surface area contributed by atoms with E-state index in [1.165, 1.54) is 0 Å². The van der Waals surface area contributed by atoms with Crippen LogP contribution >= 0.6 is 0 Å². The zero-order valence-electron chi connectivity index (χ0n) is 17.6. The first-order chi connectivity index (χ1) is 15.0. The largest absolute Gasteiger partial charge is 0.366 e. The van der Waals surface area contributed by atoms with E-state index in [2.05, 4.69) is 39.6 Å². The summed E-state index contributed by atoms with van der Waals surface area (Å²) in [6.45, 7) is 4.68. The van der Waals surface area contributed by atoms with Crippen LogP contribution < -0.4 is 37.9 Å². The quantitative estimate of drug-likeness (QED) is 0.376. The summed E-state index contributed by atoms with van der Waals surface area (Å²) in [7, 11) is 0. The topological polar surface area (TPSA) is 108 Å². The highest BCUT2D eigenvalue weighted by Crippen LogP contribution is 2.24. The van der Waals surface area contributed by atoms with E-state index in [0.717, 1.165) is 39.2 Å². The Hall–Kier alpha value is -3.33. The Labute approximate surface area is 180 Å². The highest BCUT2D eigenvalue weighted by atomic mass is 16.1. The van der Waals surface area contributed by atoms with E-state index in [1.54, 1.807) is 0 Å². The zero-order valence-corrected chi connectivity index (χ0v) is 17.6. The molecule has 7 N–H and O–H groups in total. The number of para-hydroxylation sites is 1. The molecule has 0 saturated heterocycles. The molecule has 3 heterocycles. The van der Waals surface area contributed by atoms with Gasteiger partial charge in [-0.15, -0.1) is 0 Å². The van der Waals surface area contributed by atoms with E-state index >= 15 is 0 Å². The van der Waals surface area contributed by atoms with Gasteiger partial charge < -0.3 is 16.0 Å². The SMILES string of the molecule is Cc1cccc2cc([C@H](C)NC3NC(N)NC4=C3NCN4)n(-c3ccccc3)c(=O)c12. The van der Waals surface area contributed by atoms with Crippen LogP contribution in [0.15, 0.2) is 70.9 Å². The Morgan fingerprint density at radius 3 is 2.74 bits per heavy atom. The van der Waals surface area contributed by atoms with Gasteiger partial charge in [0.2, 0.25) is 0 Å². The molecule has 3 atom stereocenters. The summed E-state index contributed by atoms with van der Waals surface area (Å²) in [5.41, 5.74) is 9.79. The van der Waals surface area contributed by atoms with Crippen molar-refractivity contribution in [2.45, 2.75) is 32.3 Å². The van der Waals surface area contributed by atoms with Crippen LogP contribution in [0.25, 0.3) is 16.5 Å². The Balaban J connectivity index is 1.62. The number of nitrogens with one attached hydrogen (secondary N) is 5. The highest BCUT2D eigenvalue weighted by Gasteiger charge is 2.31. The molecule has 0 saturated carbocycles. The Morgan fingerprint density at radius 2 is 1.94 bits per heavy atom. The summed E-state index contributed by atoms with van der Waals surface area (Å²) < 4.78 is 1.81. The first kappa shape index (κ1) is 19.6. The predicted molar refractivity (Wildman–Crippen MR) is 122 cm³/mol. The number of hydrogen-bond acceptors (Lipinski definition) is 7. The van der Waals surface area contributed by atoms with Gasteiger partial charge in [0.05, 0.1) is 17.8 Å². The van der Waals surface area contributed by atoms with Crippen molar-refractivity contribution in [1.29, 1.82) is 0 Å². The van der Waals surface area contributed by atoms with E-state index in [0.29, 0.717) is 6.67 Å². The molecule has 0 amide bonds. The summed E-state index contributed by atoms with van der Waals surface area (Å²) in [6.07, 6.45) is -0.574. The van der Waals surface area contributed by atoms with Crippen molar-refractivity contribution < 1.29 is 0 Å². The van der Waals surface area contributed by atoms with Gasteiger partial charge in [-0.05, 0) is 43.0 Å². The first-order valence-electron chi connectivity index (χ1n) is 10.5. The molecule has 0 bridgehead atoms. The fraction of sp³-hybridized carbons (Fsp3) is 0.261. The molecule has 2 aliphatic heterocycles. The second-order valence-electron chi connectivity index (χ2n) is 8.01. The van der Waals surface area contributed by atoms with Crippen molar-refractivity contribution in [2.75, 3.05) is 6.67 Å². The minimum atomic E-state index is -0.383. The third-order valence-electron chi connectivity index (χ3n) is 5.91. The van der Waals surface area contributed by atoms with Crippen LogP contribution in [0.5, 0.6) is 0 Å². The van der Waals surface area contributed by atoms with Crippen molar-refractivity contribution in [1.82, 2.24) is 31.2 Å². The Bertz CT molecular complexity index is 1220. The third kappa shape index (κ3) is 3.44. The van der Waals surface area contributed by atoms with E-state index in [9.17, 15) is 4.79 Å². The molecular weight excluding hydrogens is 390 g/mol. The van der Waals surface area contributed by atoms with Crippen LogP contribution in [-0.4, -0.2) is 23.7 Å². The Morgan fingerprint density at radius 1 is 1.13 bits per heavy atom. The number of aryl methyl sites for hydroxylation is 1. The van der Waals surface area contributed by atoms with Gasteiger partial charge in [-0.2, -0.15) is 0 Å². The monoisotopic (exact) mass is 417 g/mol. The number of benzene rings is 2. The second-order valence-corrected chi connectivity index (χ2v) is 8.01. The molecule has 5 rings (SSSR count). The molecule has 8 nitrogen and oxygen atoms in total. The predicted octanol–water partition coefficient (Wildman–Crippen LogP) is 1.03. The summed E-state index contributed by atoms with van der Waals surface area (Å²) in [6, 6.07) is 17.7. The maximum absolute atomic E-state index is 13.7. The molecule has 2 unspecified atom stereocenters. The van der Waals surface area contributed by atoms with Crippen molar-refractivity contribution in [3.8, 4) is 5.69 Å². The first-order valence-corrected chi connectivity index (χ1v) is 10.5. The molecular formula is C23H27N7O. The van der Waals surface area contributed by atoms with Gasteiger partial charge in [-0.1, -0.05) is 36.4 Å². The minimum Gasteiger partial charge on any atom is -0.366 e. The fourth-order valence-corrected chi connectivity index (χ4v) is 4.43. The van der Waals surface area contributed by atoms with Crippen molar-refractivity contribution in [2.24, 2.45) is 5.73 Å². The van der Waals surface area contributed by atoms with Crippen LogP contribution in [-0.2, 0) is 0 Å². The van der Waals surface area contributed by atoms with Crippen molar-refractivity contribution >= 4 is 10.8 Å². The summed E-state index contributed by atoms with van der Waals surface area (Å²) in [5.74, 6) is 0.894. The van der Waals surface area contributed by atoms with Gasteiger partial charge >= 0.3 is 0 Å². The van der Waals surface area contributed by atoms with Gasteiger partial charge in [0.15, 0.2) is 0 Å². The average molecular weight is 418 g/mol. The second kappa shape index (κ2) is 7.73. The van der Waals surface area contributed by atoms with Gasteiger partial charge in [-0.25, -0.2) is 0 Å². The number of rotatable bonds is 4. The molecule has 0 fully saturated rings. The molecule has 2 aliphatic rings. The van der Waals surface area contributed by atoms with Crippen LogP contribution in [0.2, 0.25) is 0 Å². The zero-order chi connectivity index (χ0) is 21.5. The Kier molecular flexibility index (Phi) is 4.90. The lowest BCUT2D eigenvalue weighted by molar-refractivity contribution is 0.323. The lowest BCUT2D eigenvalue weighted by Crippen LogP contribution is -2.63. The summed E-state index contributed by atoms with van der Waals surface area (Å²) in [4.78, 5) is 13.7. The molecule has 31 heavy (non-hydrogen) atoms. The maximum Gasteiger partial charge on any atom is 0.263 e. The van der Waals surface area contributed by atoms with Gasteiger partial charge in [0.25, 0.3) is 5.56 Å². The molecule has 0 radical (unpaired) electrons. The fourth-order valence-electron chi connectivity index (χ4n) is 4.43.